The average Bonchev–Trinajstić information content (AvgIpc) is 2.71. The zero-order valence-corrected chi connectivity index (χ0v) is 8.32. The van der Waals surface area contributed by atoms with Crippen LogP contribution in [0.3, 0.4) is 0 Å². The summed E-state index contributed by atoms with van der Waals surface area (Å²) >= 11 is 0. The van der Waals surface area contributed by atoms with Crippen molar-refractivity contribution < 1.29 is 8.78 Å². The van der Waals surface area contributed by atoms with E-state index in [0.717, 1.165) is 12.1 Å². The molecule has 0 N–H and O–H groups in total. The molecule has 0 radical (unpaired) electrons. The maximum atomic E-state index is 12.9. The third-order valence-electron chi connectivity index (χ3n) is 2.28. The predicted octanol–water partition coefficient (Wildman–Crippen LogP) is 2.69. The SMILES string of the molecule is N#Cc1cccn1Cc1ccc(F)c(F)c1. The molecule has 0 fully saturated rings. The third-order valence-corrected chi connectivity index (χ3v) is 2.28. The Morgan fingerprint density at radius 1 is 1.19 bits per heavy atom. The monoisotopic (exact) mass is 218 g/mol. The Labute approximate surface area is 91.4 Å². The first-order chi connectivity index (χ1) is 7.70. The van der Waals surface area contributed by atoms with Crippen LogP contribution in [-0.2, 0) is 6.54 Å². The van der Waals surface area contributed by atoms with Crippen LogP contribution in [0.1, 0.15) is 11.3 Å². The zero-order valence-electron chi connectivity index (χ0n) is 8.32. The summed E-state index contributed by atoms with van der Waals surface area (Å²) < 4.78 is 27.3. The molecule has 1 aromatic heterocycles. The van der Waals surface area contributed by atoms with Gasteiger partial charge in [-0.2, -0.15) is 5.26 Å². The lowest BCUT2D eigenvalue weighted by Gasteiger charge is -2.05. The first kappa shape index (κ1) is 10.4. The van der Waals surface area contributed by atoms with Gasteiger partial charge in [-0.25, -0.2) is 8.78 Å². The highest BCUT2D eigenvalue weighted by Crippen LogP contribution is 2.11. The largest absolute Gasteiger partial charge is 0.335 e. The Bertz CT molecular complexity index is 552. The van der Waals surface area contributed by atoms with E-state index in [0.29, 0.717) is 17.8 Å². The van der Waals surface area contributed by atoms with Crippen molar-refractivity contribution in [2.24, 2.45) is 0 Å². The van der Waals surface area contributed by atoms with Crippen molar-refractivity contribution in [3.63, 3.8) is 0 Å². The van der Waals surface area contributed by atoms with Gasteiger partial charge in [0.05, 0.1) is 0 Å². The van der Waals surface area contributed by atoms with Crippen LogP contribution in [0.15, 0.2) is 36.5 Å². The molecule has 0 saturated heterocycles. The topological polar surface area (TPSA) is 28.7 Å². The number of halogens is 2. The molecule has 16 heavy (non-hydrogen) atoms. The molecular weight excluding hydrogens is 210 g/mol. The zero-order chi connectivity index (χ0) is 11.5. The van der Waals surface area contributed by atoms with Crippen molar-refractivity contribution in [3.05, 3.63) is 59.4 Å². The molecule has 2 rings (SSSR count). The number of nitriles is 1. The molecule has 0 unspecified atom stereocenters. The Hall–Kier alpha value is -2.15. The normalized spacial score (nSPS) is 10.1. The van der Waals surface area contributed by atoms with Gasteiger partial charge in [0.1, 0.15) is 11.8 Å². The molecule has 0 aliphatic heterocycles. The summed E-state index contributed by atoms with van der Waals surface area (Å²) in [4.78, 5) is 0. The van der Waals surface area contributed by atoms with Gasteiger partial charge in [0, 0.05) is 12.7 Å². The molecule has 0 aliphatic rings. The summed E-state index contributed by atoms with van der Waals surface area (Å²) in [7, 11) is 0. The number of benzene rings is 1. The minimum Gasteiger partial charge on any atom is -0.335 e. The average molecular weight is 218 g/mol. The minimum absolute atomic E-state index is 0.354. The van der Waals surface area contributed by atoms with E-state index < -0.39 is 11.6 Å². The van der Waals surface area contributed by atoms with E-state index in [9.17, 15) is 8.78 Å². The number of aromatic nitrogens is 1. The van der Waals surface area contributed by atoms with E-state index >= 15 is 0 Å². The second-order valence-corrected chi connectivity index (χ2v) is 3.38. The van der Waals surface area contributed by atoms with Gasteiger partial charge >= 0.3 is 0 Å². The highest BCUT2D eigenvalue weighted by molar-refractivity contribution is 5.25. The fourth-order valence-electron chi connectivity index (χ4n) is 1.49. The van der Waals surface area contributed by atoms with Gasteiger partial charge in [-0.15, -0.1) is 0 Å². The van der Waals surface area contributed by atoms with Gasteiger partial charge < -0.3 is 4.57 Å². The van der Waals surface area contributed by atoms with Crippen molar-refractivity contribution in [2.75, 3.05) is 0 Å². The fraction of sp³-hybridized carbons (Fsp3) is 0.0833. The molecule has 0 bridgehead atoms. The Kier molecular flexibility index (Phi) is 2.69. The lowest BCUT2D eigenvalue weighted by Crippen LogP contribution is -2.01. The molecule has 0 atom stereocenters. The predicted molar refractivity (Wildman–Crippen MR) is 54.6 cm³/mol. The van der Waals surface area contributed by atoms with Gasteiger partial charge in [-0.1, -0.05) is 6.07 Å². The molecule has 1 heterocycles. The van der Waals surface area contributed by atoms with Crippen LogP contribution >= 0.6 is 0 Å². The van der Waals surface area contributed by atoms with Crippen molar-refractivity contribution in [2.45, 2.75) is 6.54 Å². The summed E-state index contributed by atoms with van der Waals surface area (Å²) in [5.41, 5.74) is 1.11. The van der Waals surface area contributed by atoms with Crippen molar-refractivity contribution in [1.82, 2.24) is 4.57 Å². The van der Waals surface area contributed by atoms with Gasteiger partial charge in [0.25, 0.3) is 0 Å². The van der Waals surface area contributed by atoms with E-state index in [-0.39, 0.29) is 0 Å². The minimum atomic E-state index is -0.872. The molecule has 2 nitrogen and oxygen atoms in total. The molecule has 0 aliphatic carbocycles. The molecule has 80 valence electrons. The fourth-order valence-corrected chi connectivity index (χ4v) is 1.49. The summed E-state index contributed by atoms with van der Waals surface area (Å²) in [6, 6.07) is 9.14. The molecular formula is C12H8F2N2. The first-order valence-corrected chi connectivity index (χ1v) is 4.70. The van der Waals surface area contributed by atoms with Gasteiger partial charge in [0.2, 0.25) is 0 Å². The molecule has 0 saturated carbocycles. The van der Waals surface area contributed by atoms with Crippen LogP contribution in [0.4, 0.5) is 8.78 Å². The Morgan fingerprint density at radius 3 is 2.69 bits per heavy atom. The molecule has 2 aromatic rings. The molecule has 0 spiro atoms. The van der Waals surface area contributed by atoms with Crippen LogP contribution in [-0.4, -0.2) is 4.57 Å². The number of hydrogen-bond donors (Lipinski definition) is 0. The van der Waals surface area contributed by atoms with E-state index in [1.807, 2.05) is 6.07 Å². The highest BCUT2D eigenvalue weighted by Gasteiger charge is 2.04. The summed E-state index contributed by atoms with van der Waals surface area (Å²) in [6.45, 7) is 0.354. The number of rotatable bonds is 2. The van der Waals surface area contributed by atoms with Crippen molar-refractivity contribution >= 4 is 0 Å². The van der Waals surface area contributed by atoms with Gasteiger partial charge in [0.15, 0.2) is 11.6 Å². The lowest BCUT2D eigenvalue weighted by atomic mass is 10.2. The van der Waals surface area contributed by atoms with E-state index in [1.165, 1.54) is 6.07 Å². The van der Waals surface area contributed by atoms with E-state index in [2.05, 4.69) is 0 Å². The Morgan fingerprint density at radius 2 is 2.00 bits per heavy atom. The quantitative estimate of drug-likeness (QED) is 0.761. The van der Waals surface area contributed by atoms with Crippen LogP contribution < -0.4 is 0 Å². The second kappa shape index (κ2) is 4.15. The van der Waals surface area contributed by atoms with Crippen LogP contribution in [0.5, 0.6) is 0 Å². The van der Waals surface area contributed by atoms with Crippen molar-refractivity contribution in [3.8, 4) is 6.07 Å². The third kappa shape index (κ3) is 1.94. The van der Waals surface area contributed by atoms with Gasteiger partial charge in [-0.05, 0) is 29.8 Å². The van der Waals surface area contributed by atoms with Crippen LogP contribution in [0, 0.1) is 23.0 Å². The van der Waals surface area contributed by atoms with Crippen LogP contribution in [0.25, 0.3) is 0 Å². The number of nitrogens with zero attached hydrogens (tertiary/aromatic N) is 2. The van der Waals surface area contributed by atoms with Crippen LogP contribution in [0.2, 0.25) is 0 Å². The lowest BCUT2D eigenvalue weighted by molar-refractivity contribution is 0.506. The molecule has 4 heteroatoms. The molecule has 0 amide bonds. The summed E-state index contributed by atoms with van der Waals surface area (Å²) in [5.74, 6) is -1.74. The first-order valence-electron chi connectivity index (χ1n) is 4.70. The smallest absolute Gasteiger partial charge is 0.159 e. The number of hydrogen-bond acceptors (Lipinski definition) is 1. The van der Waals surface area contributed by atoms with E-state index in [4.69, 9.17) is 5.26 Å². The van der Waals surface area contributed by atoms with Crippen molar-refractivity contribution in [1.29, 1.82) is 5.26 Å². The maximum absolute atomic E-state index is 12.9. The maximum Gasteiger partial charge on any atom is 0.159 e. The van der Waals surface area contributed by atoms with Gasteiger partial charge in [-0.3, -0.25) is 0 Å². The molecule has 1 aromatic carbocycles. The highest BCUT2D eigenvalue weighted by atomic mass is 19.2. The van der Waals surface area contributed by atoms with E-state index in [1.54, 1.807) is 22.9 Å². The second-order valence-electron chi connectivity index (χ2n) is 3.38. The summed E-state index contributed by atoms with van der Waals surface area (Å²) in [6.07, 6.45) is 1.72. The standard InChI is InChI=1S/C12H8F2N2/c13-11-4-3-9(6-12(11)14)8-16-5-1-2-10(16)7-15/h1-6H,8H2. The summed E-state index contributed by atoms with van der Waals surface area (Å²) in [5, 5.41) is 8.78. The Balaban J connectivity index is 2.28.